The molecule has 3 nitrogen and oxygen atoms in total. The third-order valence-corrected chi connectivity index (χ3v) is 2.26. The Morgan fingerprint density at radius 1 is 1.13 bits per heavy atom. The highest BCUT2D eigenvalue weighted by atomic mass is 17.0. The van der Waals surface area contributed by atoms with Gasteiger partial charge in [0.1, 0.15) is 0 Å². The van der Waals surface area contributed by atoms with E-state index in [9.17, 15) is 5.11 Å². The van der Waals surface area contributed by atoms with E-state index < -0.39 is 5.60 Å². The van der Waals surface area contributed by atoms with E-state index in [-0.39, 0.29) is 0 Å². The molecule has 0 saturated heterocycles. The van der Waals surface area contributed by atoms with Crippen LogP contribution in [0.25, 0.3) is 0 Å². The number of rotatable bonds is 2. The molecule has 86 valence electrons. The average molecular weight is 212 g/mol. The number of aliphatic hydroxyl groups is 1. The second-order valence-electron chi connectivity index (χ2n) is 4.34. The maximum atomic E-state index is 9.80. The molecular weight excluding hydrogens is 192 g/mol. The Balaban J connectivity index is 0.000000921. The van der Waals surface area contributed by atoms with Crippen LogP contribution < -0.4 is 0 Å². The van der Waals surface area contributed by atoms with E-state index in [2.05, 4.69) is 26.0 Å². The highest BCUT2D eigenvalue weighted by Gasteiger charge is 2.15. The quantitative estimate of drug-likeness (QED) is 0.521. The second kappa shape index (κ2) is 5.85. The molecule has 1 rings (SSSR count). The lowest BCUT2D eigenvalue weighted by Gasteiger charge is -2.19. The lowest BCUT2D eigenvalue weighted by molar-refractivity contribution is -0.176. The maximum absolute atomic E-state index is 9.80. The summed E-state index contributed by atoms with van der Waals surface area (Å²) in [5.74, 6) is 0.516. The summed E-state index contributed by atoms with van der Waals surface area (Å²) < 4.78 is 0. The molecule has 0 unspecified atom stereocenters. The molecule has 1 aromatic rings. The zero-order valence-electron chi connectivity index (χ0n) is 9.73. The molecule has 0 amide bonds. The number of hydrogen-bond donors (Lipinski definition) is 3. The summed E-state index contributed by atoms with van der Waals surface area (Å²) in [7, 11) is 0. The van der Waals surface area contributed by atoms with Crippen LogP contribution in [-0.4, -0.2) is 15.6 Å². The minimum atomic E-state index is -0.731. The summed E-state index contributed by atoms with van der Waals surface area (Å²) in [6.45, 7) is 7.94. The highest BCUT2D eigenvalue weighted by molar-refractivity contribution is 5.28. The topological polar surface area (TPSA) is 60.7 Å². The SMILES string of the molecule is CC(C)c1cccc(C(C)(C)O)c1.OO. The molecule has 0 saturated carbocycles. The molecule has 0 radical (unpaired) electrons. The standard InChI is InChI=1S/C12H18O.H2O2/c1-9(2)10-6-5-7-11(8-10)12(3,4)13;1-2/h5-9,13H,1-4H3;1-2H. The van der Waals surface area contributed by atoms with Crippen molar-refractivity contribution in [1.29, 1.82) is 0 Å². The van der Waals surface area contributed by atoms with Gasteiger partial charge in [-0.2, -0.15) is 0 Å². The van der Waals surface area contributed by atoms with Crippen LogP contribution in [-0.2, 0) is 5.60 Å². The van der Waals surface area contributed by atoms with Gasteiger partial charge in [-0.15, -0.1) is 0 Å². The van der Waals surface area contributed by atoms with Crippen LogP contribution in [0.15, 0.2) is 24.3 Å². The average Bonchev–Trinajstić information content (AvgIpc) is 2.20. The maximum Gasteiger partial charge on any atom is 0.0840 e. The first kappa shape index (κ1) is 14.1. The van der Waals surface area contributed by atoms with E-state index in [4.69, 9.17) is 10.5 Å². The summed E-state index contributed by atoms with van der Waals surface area (Å²) in [6.07, 6.45) is 0. The van der Waals surface area contributed by atoms with Crippen LogP contribution in [0.5, 0.6) is 0 Å². The van der Waals surface area contributed by atoms with Crippen molar-refractivity contribution in [2.75, 3.05) is 0 Å². The van der Waals surface area contributed by atoms with E-state index in [1.807, 2.05) is 26.0 Å². The largest absolute Gasteiger partial charge is 0.386 e. The van der Waals surface area contributed by atoms with E-state index >= 15 is 0 Å². The molecule has 0 bridgehead atoms. The molecule has 0 atom stereocenters. The minimum absolute atomic E-state index is 0.516. The van der Waals surface area contributed by atoms with Gasteiger partial charge < -0.3 is 5.11 Å². The van der Waals surface area contributed by atoms with Crippen molar-refractivity contribution in [3.8, 4) is 0 Å². The predicted octanol–water partition coefficient (Wildman–Crippen LogP) is 3.05. The number of hydrogen-bond acceptors (Lipinski definition) is 3. The van der Waals surface area contributed by atoms with Crippen molar-refractivity contribution in [2.45, 2.75) is 39.2 Å². The van der Waals surface area contributed by atoms with Crippen LogP contribution in [0.2, 0.25) is 0 Å². The molecule has 0 aromatic heterocycles. The van der Waals surface area contributed by atoms with Gasteiger partial charge in [0.25, 0.3) is 0 Å². The Bertz CT molecular complexity index is 287. The van der Waals surface area contributed by atoms with Crippen molar-refractivity contribution in [3.05, 3.63) is 35.4 Å². The Morgan fingerprint density at radius 2 is 1.67 bits per heavy atom. The molecule has 0 aliphatic carbocycles. The van der Waals surface area contributed by atoms with Crippen molar-refractivity contribution in [3.63, 3.8) is 0 Å². The molecule has 0 aliphatic heterocycles. The monoisotopic (exact) mass is 212 g/mol. The fraction of sp³-hybridized carbons (Fsp3) is 0.500. The number of benzene rings is 1. The van der Waals surface area contributed by atoms with Crippen LogP contribution >= 0.6 is 0 Å². The highest BCUT2D eigenvalue weighted by Crippen LogP contribution is 2.23. The van der Waals surface area contributed by atoms with Gasteiger partial charge in [0.15, 0.2) is 0 Å². The summed E-state index contributed by atoms with van der Waals surface area (Å²) in [4.78, 5) is 0. The van der Waals surface area contributed by atoms with Crippen molar-refractivity contribution in [2.24, 2.45) is 0 Å². The van der Waals surface area contributed by atoms with Crippen LogP contribution in [0.4, 0.5) is 0 Å². The van der Waals surface area contributed by atoms with Gasteiger partial charge in [0.05, 0.1) is 5.60 Å². The Labute approximate surface area is 90.9 Å². The second-order valence-corrected chi connectivity index (χ2v) is 4.34. The summed E-state index contributed by atoms with van der Waals surface area (Å²) in [5, 5.41) is 21.8. The van der Waals surface area contributed by atoms with Gasteiger partial charge >= 0.3 is 0 Å². The van der Waals surface area contributed by atoms with Crippen molar-refractivity contribution < 1.29 is 15.6 Å². The lowest BCUT2D eigenvalue weighted by Crippen LogP contribution is -2.15. The molecule has 0 fully saturated rings. The van der Waals surface area contributed by atoms with Crippen molar-refractivity contribution in [1.82, 2.24) is 0 Å². The third kappa shape index (κ3) is 4.42. The van der Waals surface area contributed by atoms with Gasteiger partial charge in [-0.05, 0) is 30.9 Å². The molecule has 0 spiro atoms. The first-order valence-electron chi connectivity index (χ1n) is 4.94. The Hall–Kier alpha value is -0.900. The minimum Gasteiger partial charge on any atom is -0.386 e. The van der Waals surface area contributed by atoms with Gasteiger partial charge in [-0.1, -0.05) is 38.1 Å². The Kier molecular flexibility index (Phi) is 5.50. The summed E-state index contributed by atoms with van der Waals surface area (Å²) in [5.41, 5.74) is 1.53. The van der Waals surface area contributed by atoms with E-state index in [1.54, 1.807) is 0 Å². The van der Waals surface area contributed by atoms with E-state index in [1.165, 1.54) is 5.56 Å². The normalized spacial score (nSPS) is 10.9. The van der Waals surface area contributed by atoms with Gasteiger partial charge in [-0.3, -0.25) is 10.5 Å². The van der Waals surface area contributed by atoms with Crippen molar-refractivity contribution >= 4 is 0 Å². The Morgan fingerprint density at radius 3 is 2.07 bits per heavy atom. The van der Waals surface area contributed by atoms with E-state index in [0.717, 1.165) is 5.56 Å². The van der Waals surface area contributed by atoms with Gasteiger partial charge in [0, 0.05) is 0 Å². The zero-order valence-corrected chi connectivity index (χ0v) is 9.73. The molecule has 1 aromatic carbocycles. The first-order chi connectivity index (χ1) is 6.91. The molecule has 15 heavy (non-hydrogen) atoms. The molecular formula is C12H20O3. The smallest absolute Gasteiger partial charge is 0.0840 e. The molecule has 0 heterocycles. The van der Waals surface area contributed by atoms with Crippen LogP contribution in [0.3, 0.4) is 0 Å². The van der Waals surface area contributed by atoms with Gasteiger partial charge in [0.2, 0.25) is 0 Å². The fourth-order valence-corrected chi connectivity index (χ4v) is 1.28. The van der Waals surface area contributed by atoms with Crippen LogP contribution in [0, 0.1) is 0 Å². The van der Waals surface area contributed by atoms with Crippen LogP contribution in [0.1, 0.15) is 44.7 Å². The summed E-state index contributed by atoms with van der Waals surface area (Å²) in [6, 6.07) is 8.14. The summed E-state index contributed by atoms with van der Waals surface area (Å²) >= 11 is 0. The predicted molar refractivity (Wildman–Crippen MR) is 61.0 cm³/mol. The lowest BCUT2D eigenvalue weighted by atomic mass is 9.93. The van der Waals surface area contributed by atoms with Gasteiger partial charge in [-0.25, -0.2) is 0 Å². The molecule has 0 aliphatic rings. The zero-order chi connectivity index (χ0) is 12.1. The first-order valence-corrected chi connectivity index (χ1v) is 4.94. The van der Waals surface area contributed by atoms with E-state index in [0.29, 0.717) is 5.92 Å². The molecule has 3 N–H and O–H groups in total. The molecule has 3 heteroatoms. The fourth-order valence-electron chi connectivity index (χ4n) is 1.28. The third-order valence-electron chi connectivity index (χ3n) is 2.26.